The Labute approximate surface area is 107 Å². The first-order valence-corrected chi connectivity index (χ1v) is 5.88. The van der Waals surface area contributed by atoms with Crippen molar-refractivity contribution in [2.24, 2.45) is 0 Å². The van der Waals surface area contributed by atoms with Gasteiger partial charge in [-0.1, -0.05) is 30.3 Å². The Morgan fingerprint density at radius 2 is 2.06 bits per heavy atom. The standard InChI is InChI=1S/C13H19FN2O2/c1-10(14)18-9-12(15-2)13(17)16-8-11-6-4-3-5-7-11/h3-7,10,12,15H,8-9H2,1-2H3,(H,16,17). The second-order valence-electron chi connectivity index (χ2n) is 3.92. The molecule has 0 aromatic heterocycles. The smallest absolute Gasteiger partial charge is 0.239 e. The molecule has 0 radical (unpaired) electrons. The first-order chi connectivity index (χ1) is 8.63. The highest BCUT2D eigenvalue weighted by Crippen LogP contribution is 1.98. The molecule has 1 aromatic carbocycles. The van der Waals surface area contributed by atoms with Crippen LogP contribution in [0.3, 0.4) is 0 Å². The Bertz CT molecular complexity index is 357. The minimum Gasteiger partial charge on any atom is -0.351 e. The van der Waals surface area contributed by atoms with Crippen LogP contribution in [0.15, 0.2) is 30.3 Å². The van der Waals surface area contributed by atoms with E-state index < -0.39 is 12.4 Å². The second-order valence-corrected chi connectivity index (χ2v) is 3.92. The predicted molar refractivity (Wildman–Crippen MR) is 67.7 cm³/mol. The number of alkyl halides is 1. The maximum atomic E-state index is 12.5. The SMILES string of the molecule is CNC(COC(C)F)C(=O)NCc1ccccc1. The summed E-state index contributed by atoms with van der Waals surface area (Å²) in [6.45, 7) is 1.74. The minimum atomic E-state index is -1.37. The average molecular weight is 254 g/mol. The van der Waals surface area contributed by atoms with E-state index in [2.05, 4.69) is 10.6 Å². The van der Waals surface area contributed by atoms with E-state index in [0.29, 0.717) is 6.54 Å². The van der Waals surface area contributed by atoms with Crippen LogP contribution >= 0.6 is 0 Å². The third kappa shape index (κ3) is 5.25. The van der Waals surface area contributed by atoms with Gasteiger partial charge in [0.2, 0.25) is 5.91 Å². The van der Waals surface area contributed by atoms with Crippen molar-refractivity contribution in [2.45, 2.75) is 25.9 Å². The summed E-state index contributed by atoms with van der Waals surface area (Å²) in [6, 6.07) is 9.03. The minimum absolute atomic E-state index is 0.00872. The van der Waals surface area contributed by atoms with Crippen molar-refractivity contribution in [1.82, 2.24) is 10.6 Å². The van der Waals surface area contributed by atoms with Crippen molar-refractivity contribution in [3.63, 3.8) is 0 Å². The number of hydrogen-bond donors (Lipinski definition) is 2. The predicted octanol–water partition coefficient (Wildman–Crippen LogP) is 1.22. The van der Waals surface area contributed by atoms with E-state index in [-0.39, 0.29) is 12.5 Å². The van der Waals surface area contributed by atoms with Crippen LogP contribution in [-0.4, -0.2) is 32.0 Å². The van der Waals surface area contributed by atoms with E-state index in [1.165, 1.54) is 6.92 Å². The van der Waals surface area contributed by atoms with Gasteiger partial charge in [0.15, 0.2) is 6.36 Å². The number of rotatable bonds is 7. The molecule has 1 aromatic rings. The molecule has 1 rings (SSSR count). The van der Waals surface area contributed by atoms with Gasteiger partial charge in [-0.05, 0) is 19.5 Å². The van der Waals surface area contributed by atoms with E-state index in [4.69, 9.17) is 4.74 Å². The van der Waals surface area contributed by atoms with Crippen LogP contribution in [0, 0.1) is 0 Å². The number of halogens is 1. The van der Waals surface area contributed by atoms with Crippen LogP contribution in [0.2, 0.25) is 0 Å². The first kappa shape index (κ1) is 14.6. The molecule has 100 valence electrons. The third-order valence-corrected chi connectivity index (χ3v) is 2.47. The number of carbonyl (C=O) groups is 1. The Kier molecular flexibility index (Phi) is 6.32. The maximum absolute atomic E-state index is 12.5. The van der Waals surface area contributed by atoms with Crippen molar-refractivity contribution in [1.29, 1.82) is 0 Å². The van der Waals surface area contributed by atoms with Gasteiger partial charge in [0.25, 0.3) is 0 Å². The molecule has 1 amide bonds. The van der Waals surface area contributed by atoms with Crippen molar-refractivity contribution in [3.8, 4) is 0 Å². The molecule has 2 N–H and O–H groups in total. The van der Waals surface area contributed by atoms with Crippen molar-refractivity contribution in [3.05, 3.63) is 35.9 Å². The Hall–Kier alpha value is -1.46. The highest BCUT2D eigenvalue weighted by molar-refractivity contribution is 5.81. The van der Waals surface area contributed by atoms with Crippen LogP contribution in [0.25, 0.3) is 0 Å². The molecule has 0 saturated heterocycles. The lowest BCUT2D eigenvalue weighted by molar-refractivity contribution is -0.126. The van der Waals surface area contributed by atoms with Crippen LogP contribution in [-0.2, 0) is 16.1 Å². The van der Waals surface area contributed by atoms with Gasteiger partial charge in [0.05, 0.1) is 6.61 Å². The summed E-state index contributed by atoms with van der Waals surface area (Å²) >= 11 is 0. The molecule has 0 spiro atoms. The molecule has 2 unspecified atom stereocenters. The molecule has 0 saturated carbocycles. The van der Waals surface area contributed by atoms with Gasteiger partial charge >= 0.3 is 0 Å². The molecule has 5 heteroatoms. The van der Waals surface area contributed by atoms with Crippen LogP contribution < -0.4 is 10.6 Å². The molecular formula is C13H19FN2O2. The van der Waals surface area contributed by atoms with E-state index >= 15 is 0 Å². The molecule has 0 aliphatic heterocycles. The van der Waals surface area contributed by atoms with E-state index in [0.717, 1.165) is 5.56 Å². The quantitative estimate of drug-likeness (QED) is 0.769. The summed E-state index contributed by atoms with van der Waals surface area (Å²) in [5, 5.41) is 5.56. The second kappa shape index (κ2) is 7.79. The molecule has 18 heavy (non-hydrogen) atoms. The fraction of sp³-hybridized carbons (Fsp3) is 0.462. The maximum Gasteiger partial charge on any atom is 0.239 e. The summed E-state index contributed by atoms with van der Waals surface area (Å²) in [5.41, 5.74) is 1.01. The lowest BCUT2D eigenvalue weighted by Gasteiger charge is -2.16. The molecule has 0 bridgehead atoms. The number of likely N-dealkylation sites (N-methyl/N-ethyl adjacent to an activating group) is 1. The summed E-state index contributed by atoms with van der Waals surface area (Å²) in [5.74, 6) is -0.206. The fourth-order valence-electron chi connectivity index (χ4n) is 1.43. The molecule has 0 aliphatic carbocycles. The van der Waals surface area contributed by atoms with E-state index in [9.17, 15) is 9.18 Å². The molecule has 0 fully saturated rings. The van der Waals surface area contributed by atoms with Gasteiger partial charge in [-0.3, -0.25) is 4.79 Å². The normalized spacial score (nSPS) is 13.9. The molecule has 4 nitrogen and oxygen atoms in total. The summed E-state index contributed by atoms with van der Waals surface area (Å²) < 4.78 is 17.3. The highest BCUT2D eigenvalue weighted by atomic mass is 19.1. The summed E-state index contributed by atoms with van der Waals surface area (Å²) in [4.78, 5) is 11.8. The van der Waals surface area contributed by atoms with E-state index in [1.54, 1.807) is 7.05 Å². The number of carbonyl (C=O) groups excluding carboxylic acids is 1. The van der Waals surface area contributed by atoms with Crippen molar-refractivity contribution >= 4 is 5.91 Å². The third-order valence-electron chi connectivity index (χ3n) is 2.47. The lowest BCUT2D eigenvalue weighted by Crippen LogP contribution is -2.45. The first-order valence-electron chi connectivity index (χ1n) is 5.88. The van der Waals surface area contributed by atoms with Crippen LogP contribution in [0.1, 0.15) is 12.5 Å². The number of benzene rings is 1. The lowest BCUT2D eigenvalue weighted by atomic mass is 10.2. The molecular weight excluding hydrogens is 235 g/mol. The molecule has 2 atom stereocenters. The molecule has 0 heterocycles. The van der Waals surface area contributed by atoms with Crippen molar-refractivity contribution in [2.75, 3.05) is 13.7 Å². The van der Waals surface area contributed by atoms with Crippen molar-refractivity contribution < 1.29 is 13.9 Å². The van der Waals surface area contributed by atoms with Gasteiger partial charge in [-0.25, -0.2) is 4.39 Å². The zero-order chi connectivity index (χ0) is 13.4. The van der Waals surface area contributed by atoms with Crippen LogP contribution in [0.5, 0.6) is 0 Å². The number of hydrogen-bond acceptors (Lipinski definition) is 3. The van der Waals surface area contributed by atoms with Gasteiger partial charge in [0.1, 0.15) is 6.04 Å². The molecule has 0 aliphatic rings. The Morgan fingerprint density at radius 1 is 1.39 bits per heavy atom. The van der Waals surface area contributed by atoms with Gasteiger partial charge in [-0.15, -0.1) is 0 Å². The average Bonchev–Trinajstić information content (AvgIpc) is 2.38. The van der Waals surface area contributed by atoms with Gasteiger partial charge < -0.3 is 15.4 Å². The van der Waals surface area contributed by atoms with E-state index in [1.807, 2.05) is 30.3 Å². The number of amides is 1. The Balaban J connectivity index is 2.38. The van der Waals surface area contributed by atoms with Crippen LogP contribution in [0.4, 0.5) is 4.39 Å². The largest absolute Gasteiger partial charge is 0.351 e. The zero-order valence-electron chi connectivity index (χ0n) is 10.7. The summed E-state index contributed by atoms with van der Waals surface area (Å²) in [6.07, 6.45) is -1.37. The topological polar surface area (TPSA) is 50.4 Å². The highest BCUT2D eigenvalue weighted by Gasteiger charge is 2.17. The number of nitrogens with one attached hydrogen (secondary N) is 2. The van der Waals surface area contributed by atoms with Gasteiger partial charge in [-0.2, -0.15) is 0 Å². The summed E-state index contributed by atoms with van der Waals surface area (Å²) in [7, 11) is 1.64. The number of ether oxygens (including phenoxy) is 1. The zero-order valence-corrected chi connectivity index (χ0v) is 10.7. The fourth-order valence-corrected chi connectivity index (χ4v) is 1.43. The Morgan fingerprint density at radius 3 is 2.61 bits per heavy atom. The van der Waals surface area contributed by atoms with Gasteiger partial charge in [0, 0.05) is 6.54 Å². The monoisotopic (exact) mass is 254 g/mol.